The summed E-state index contributed by atoms with van der Waals surface area (Å²) in [5.74, 6) is 1.24. The molecular formula is C16H27NO3. The largest absolute Gasteiger partial charge is 0.491 e. The lowest BCUT2D eigenvalue weighted by atomic mass is 10.1. The fraction of sp³-hybridized carbons (Fsp3) is 0.625. The van der Waals surface area contributed by atoms with Crippen molar-refractivity contribution in [2.24, 2.45) is 5.92 Å². The topological polar surface area (TPSA) is 61.7 Å². The van der Waals surface area contributed by atoms with Crippen molar-refractivity contribution in [1.82, 2.24) is 5.32 Å². The average Bonchev–Trinajstić information content (AvgIpc) is 2.35. The molecule has 3 N–H and O–H groups in total. The molecular weight excluding hydrogens is 254 g/mol. The predicted octanol–water partition coefficient (Wildman–Crippen LogP) is 1.73. The minimum absolute atomic E-state index is 0.247. The van der Waals surface area contributed by atoms with Gasteiger partial charge in [0.15, 0.2) is 0 Å². The number of aliphatic hydroxyl groups is 2. The Labute approximate surface area is 121 Å². The Balaban J connectivity index is 2.16. The summed E-state index contributed by atoms with van der Waals surface area (Å²) < 4.78 is 5.52. The van der Waals surface area contributed by atoms with Crippen LogP contribution in [0.25, 0.3) is 0 Å². The highest BCUT2D eigenvalue weighted by molar-refractivity contribution is 5.27. The monoisotopic (exact) mass is 281 g/mol. The van der Waals surface area contributed by atoms with E-state index in [2.05, 4.69) is 19.2 Å². The van der Waals surface area contributed by atoms with Gasteiger partial charge in [0, 0.05) is 13.1 Å². The zero-order valence-corrected chi connectivity index (χ0v) is 12.7. The van der Waals surface area contributed by atoms with Crippen LogP contribution in [0.1, 0.15) is 25.8 Å². The smallest absolute Gasteiger partial charge is 0.119 e. The summed E-state index contributed by atoms with van der Waals surface area (Å²) >= 11 is 0. The van der Waals surface area contributed by atoms with Crippen molar-refractivity contribution in [3.8, 4) is 5.75 Å². The first kappa shape index (κ1) is 17.0. The zero-order chi connectivity index (χ0) is 15.0. The molecule has 1 rings (SSSR count). The maximum Gasteiger partial charge on any atom is 0.119 e. The fourth-order valence-electron chi connectivity index (χ4n) is 2.00. The molecule has 0 radical (unpaired) electrons. The zero-order valence-electron chi connectivity index (χ0n) is 12.7. The number of benzene rings is 1. The van der Waals surface area contributed by atoms with Crippen molar-refractivity contribution in [2.45, 2.75) is 39.4 Å². The van der Waals surface area contributed by atoms with Crippen LogP contribution in [0, 0.1) is 12.8 Å². The first-order chi connectivity index (χ1) is 9.47. The van der Waals surface area contributed by atoms with Crippen LogP contribution in [0.4, 0.5) is 0 Å². The predicted molar refractivity (Wildman–Crippen MR) is 81.0 cm³/mol. The Morgan fingerprint density at radius 2 is 1.85 bits per heavy atom. The van der Waals surface area contributed by atoms with Crippen LogP contribution in [0.5, 0.6) is 5.75 Å². The fourth-order valence-corrected chi connectivity index (χ4v) is 2.00. The molecule has 2 unspecified atom stereocenters. The van der Waals surface area contributed by atoms with Crippen LogP contribution in [0.3, 0.4) is 0 Å². The van der Waals surface area contributed by atoms with E-state index in [1.165, 1.54) is 0 Å². The lowest BCUT2D eigenvalue weighted by molar-refractivity contribution is 0.0965. The molecule has 4 nitrogen and oxygen atoms in total. The van der Waals surface area contributed by atoms with E-state index < -0.39 is 6.10 Å². The van der Waals surface area contributed by atoms with Crippen molar-refractivity contribution in [3.63, 3.8) is 0 Å². The Hall–Kier alpha value is -1.10. The van der Waals surface area contributed by atoms with E-state index in [0.717, 1.165) is 17.7 Å². The maximum atomic E-state index is 9.81. The minimum Gasteiger partial charge on any atom is -0.491 e. The van der Waals surface area contributed by atoms with Gasteiger partial charge in [-0.2, -0.15) is 0 Å². The SMILES string of the molecule is Cc1cccc(OCC(O)CNCC(O)CC(C)C)c1. The molecule has 1 aromatic carbocycles. The van der Waals surface area contributed by atoms with Gasteiger partial charge in [0.05, 0.1) is 6.10 Å². The number of rotatable bonds is 9. The molecule has 20 heavy (non-hydrogen) atoms. The summed E-state index contributed by atoms with van der Waals surface area (Å²) in [5.41, 5.74) is 1.13. The highest BCUT2D eigenvalue weighted by Gasteiger charge is 2.09. The minimum atomic E-state index is -0.582. The highest BCUT2D eigenvalue weighted by Crippen LogP contribution is 2.12. The number of ether oxygens (including phenoxy) is 1. The molecule has 0 aromatic heterocycles. The van der Waals surface area contributed by atoms with E-state index in [0.29, 0.717) is 19.0 Å². The molecule has 0 heterocycles. The molecule has 0 fully saturated rings. The summed E-state index contributed by atoms with van der Waals surface area (Å²) in [7, 11) is 0. The van der Waals surface area contributed by atoms with Crippen molar-refractivity contribution in [3.05, 3.63) is 29.8 Å². The third-order valence-electron chi connectivity index (χ3n) is 2.94. The Morgan fingerprint density at radius 3 is 2.50 bits per heavy atom. The van der Waals surface area contributed by atoms with E-state index in [4.69, 9.17) is 4.74 Å². The molecule has 0 aliphatic carbocycles. The number of hydrogen-bond acceptors (Lipinski definition) is 4. The summed E-state index contributed by atoms with van der Waals surface area (Å²) in [6, 6.07) is 7.74. The molecule has 0 saturated heterocycles. The van der Waals surface area contributed by atoms with Crippen LogP contribution in [-0.2, 0) is 0 Å². The summed E-state index contributed by atoms with van der Waals surface area (Å²) in [6.07, 6.45) is -0.176. The summed E-state index contributed by atoms with van der Waals surface area (Å²) in [4.78, 5) is 0. The standard InChI is InChI=1S/C16H27NO3/c1-12(2)7-14(18)9-17-10-15(19)11-20-16-6-4-5-13(3)8-16/h4-6,8,12,14-15,17-19H,7,9-11H2,1-3H3. The van der Waals surface area contributed by atoms with Gasteiger partial charge in [0.2, 0.25) is 0 Å². The first-order valence-electron chi connectivity index (χ1n) is 7.23. The van der Waals surface area contributed by atoms with Gasteiger partial charge in [0.25, 0.3) is 0 Å². The van der Waals surface area contributed by atoms with Crippen LogP contribution in [0.15, 0.2) is 24.3 Å². The van der Waals surface area contributed by atoms with Gasteiger partial charge in [-0.3, -0.25) is 0 Å². The number of aliphatic hydroxyl groups excluding tert-OH is 2. The molecule has 4 heteroatoms. The van der Waals surface area contributed by atoms with Crippen LogP contribution in [0.2, 0.25) is 0 Å². The molecule has 1 aromatic rings. The van der Waals surface area contributed by atoms with Gasteiger partial charge < -0.3 is 20.3 Å². The van der Waals surface area contributed by atoms with E-state index in [-0.39, 0.29) is 12.7 Å². The van der Waals surface area contributed by atoms with Gasteiger partial charge >= 0.3 is 0 Å². The van der Waals surface area contributed by atoms with E-state index in [1.54, 1.807) is 0 Å². The van der Waals surface area contributed by atoms with Crippen molar-refractivity contribution < 1.29 is 14.9 Å². The first-order valence-corrected chi connectivity index (χ1v) is 7.23. The molecule has 2 atom stereocenters. The van der Waals surface area contributed by atoms with Gasteiger partial charge in [0.1, 0.15) is 18.5 Å². The molecule has 0 aliphatic rings. The highest BCUT2D eigenvalue weighted by atomic mass is 16.5. The van der Waals surface area contributed by atoms with Crippen LogP contribution < -0.4 is 10.1 Å². The van der Waals surface area contributed by atoms with Crippen LogP contribution in [-0.4, -0.2) is 42.1 Å². The Morgan fingerprint density at radius 1 is 1.15 bits per heavy atom. The third-order valence-corrected chi connectivity index (χ3v) is 2.94. The molecule has 0 amide bonds. The van der Waals surface area contributed by atoms with E-state index in [1.807, 2.05) is 31.2 Å². The maximum absolute atomic E-state index is 9.81. The Kier molecular flexibility index (Phi) is 7.59. The molecule has 0 saturated carbocycles. The molecule has 0 spiro atoms. The average molecular weight is 281 g/mol. The second-order valence-corrected chi connectivity index (χ2v) is 5.72. The van der Waals surface area contributed by atoms with Crippen molar-refractivity contribution in [1.29, 1.82) is 0 Å². The van der Waals surface area contributed by atoms with E-state index in [9.17, 15) is 10.2 Å². The van der Waals surface area contributed by atoms with Crippen molar-refractivity contribution in [2.75, 3.05) is 19.7 Å². The Bertz CT molecular complexity index is 382. The second-order valence-electron chi connectivity index (χ2n) is 5.72. The number of nitrogens with one attached hydrogen (secondary N) is 1. The molecule has 114 valence electrons. The van der Waals surface area contributed by atoms with Gasteiger partial charge in [-0.25, -0.2) is 0 Å². The van der Waals surface area contributed by atoms with Gasteiger partial charge in [-0.15, -0.1) is 0 Å². The lowest BCUT2D eigenvalue weighted by Crippen LogP contribution is -2.36. The number of aryl methyl sites for hydroxylation is 1. The van der Waals surface area contributed by atoms with Crippen LogP contribution >= 0.6 is 0 Å². The number of hydrogen-bond donors (Lipinski definition) is 3. The normalized spacial score (nSPS) is 14.3. The lowest BCUT2D eigenvalue weighted by Gasteiger charge is -2.16. The second kappa shape index (κ2) is 8.95. The summed E-state index contributed by atoms with van der Waals surface area (Å²) in [6.45, 7) is 7.32. The molecule has 0 bridgehead atoms. The van der Waals surface area contributed by atoms with Gasteiger partial charge in [-0.05, 0) is 37.0 Å². The van der Waals surface area contributed by atoms with E-state index >= 15 is 0 Å². The van der Waals surface area contributed by atoms with Gasteiger partial charge in [-0.1, -0.05) is 26.0 Å². The van der Waals surface area contributed by atoms with Crippen molar-refractivity contribution >= 4 is 0 Å². The third kappa shape index (κ3) is 7.48. The quantitative estimate of drug-likeness (QED) is 0.645. The summed E-state index contributed by atoms with van der Waals surface area (Å²) in [5, 5.41) is 22.6. The molecule has 0 aliphatic heterocycles.